The van der Waals surface area contributed by atoms with E-state index in [1.807, 2.05) is 49.9 Å². The average molecular weight is 564 g/mol. The number of anilines is 1. The number of carbonyl (C=O) groups is 1. The minimum atomic E-state index is -0.726. The van der Waals surface area contributed by atoms with Gasteiger partial charge in [0.15, 0.2) is 11.2 Å². The second-order valence-corrected chi connectivity index (χ2v) is 12.0. The molecule has 4 aromatic rings. The first-order chi connectivity index (χ1) is 19.0. The van der Waals surface area contributed by atoms with Gasteiger partial charge in [-0.15, -0.1) is 17.3 Å². The number of esters is 1. The van der Waals surface area contributed by atoms with Crippen LogP contribution in [0.25, 0.3) is 21.4 Å². The largest absolute Gasteiger partial charge is 0.460 e. The molecule has 0 radical (unpaired) electrons. The normalized spacial score (nSPS) is 17.7. The Balaban J connectivity index is 1.62. The third-order valence-electron chi connectivity index (χ3n) is 6.91. The smallest absolute Gasteiger partial charge is 0.332 e. The molecule has 1 aromatic carbocycles. The van der Waals surface area contributed by atoms with E-state index >= 15 is 0 Å². The molecule has 0 saturated carbocycles. The molecule has 1 fully saturated rings. The zero-order chi connectivity index (χ0) is 28.8. The van der Waals surface area contributed by atoms with Crippen molar-refractivity contribution < 1.29 is 9.53 Å². The van der Waals surface area contributed by atoms with Gasteiger partial charge in [-0.05, 0) is 52.7 Å². The Morgan fingerprint density at radius 1 is 1.20 bits per heavy atom. The summed E-state index contributed by atoms with van der Waals surface area (Å²) in [5.74, 6) is 5.34. The van der Waals surface area contributed by atoms with E-state index < -0.39 is 28.9 Å². The van der Waals surface area contributed by atoms with E-state index in [1.54, 1.807) is 18.5 Å². The molecule has 0 aliphatic carbocycles. The predicted molar refractivity (Wildman–Crippen MR) is 155 cm³/mol. The van der Waals surface area contributed by atoms with Crippen LogP contribution in [0.4, 0.5) is 5.95 Å². The van der Waals surface area contributed by atoms with Crippen molar-refractivity contribution in [1.29, 1.82) is 0 Å². The number of imidazole rings is 1. The quantitative estimate of drug-likeness (QED) is 0.289. The number of carbonyl (C=O) groups excluding carboxylic acids is 1. The second kappa shape index (κ2) is 10.6. The molecule has 5 rings (SSSR count). The van der Waals surface area contributed by atoms with E-state index in [0.29, 0.717) is 30.3 Å². The van der Waals surface area contributed by atoms with E-state index in [1.165, 1.54) is 20.5 Å². The first-order valence-corrected chi connectivity index (χ1v) is 14.0. The maximum Gasteiger partial charge on any atom is 0.332 e. The van der Waals surface area contributed by atoms with Crippen LogP contribution in [-0.2, 0) is 29.7 Å². The number of hydrogen-bond donors (Lipinski definition) is 1. The maximum absolute atomic E-state index is 13.9. The summed E-state index contributed by atoms with van der Waals surface area (Å²) in [4.78, 5) is 51.5. The van der Waals surface area contributed by atoms with Crippen LogP contribution in [0.15, 0.2) is 33.9 Å². The number of nitrogens with zero attached hydrogens (tertiary/aromatic N) is 6. The topological polar surface area (TPSA) is 130 Å². The molecule has 0 amide bonds. The Hall–Kier alpha value is -3.95. The number of nitrogens with two attached hydrogens (primary N) is 1. The molecular weight excluding hydrogens is 530 g/mol. The lowest BCUT2D eigenvalue weighted by Crippen LogP contribution is -2.55. The second-order valence-electron chi connectivity index (χ2n) is 10.9. The maximum atomic E-state index is 13.9. The van der Waals surface area contributed by atoms with E-state index in [9.17, 15) is 14.4 Å². The van der Waals surface area contributed by atoms with Crippen LogP contribution in [0, 0.1) is 17.8 Å². The van der Waals surface area contributed by atoms with Gasteiger partial charge in [-0.3, -0.25) is 23.3 Å². The third kappa shape index (κ3) is 5.02. The summed E-state index contributed by atoms with van der Waals surface area (Å²) in [6.45, 7) is 7.89. The van der Waals surface area contributed by atoms with E-state index in [4.69, 9.17) is 15.5 Å². The van der Waals surface area contributed by atoms with Gasteiger partial charge in [0, 0.05) is 13.6 Å². The molecule has 0 spiro atoms. The Kier molecular flexibility index (Phi) is 7.29. The highest BCUT2D eigenvalue weighted by atomic mass is 32.1. The monoisotopic (exact) mass is 563 g/mol. The molecule has 1 unspecified atom stereocenters. The first kappa shape index (κ1) is 27.6. The molecule has 11 nitrogen and oxygen atoms in total. The van der Waals surface area contributed by atoms with Crippen LogP contribution in [0.1, 0.15) is 45.5 Å². The average Bonchev–Trinajstić information content (AvgIpc) is 3.49. The molecule has 1 saturated heterocycles. The van der Waals surface area contributed by atoms with Gasteiger partial charge in [0.2, 0.25) is 5.95 Å². The van der Waals surface area contributed by atoms with Gasteiger partial charge in [0.05, 0.1) is 35.4 Å². The van der Waals surface area contributed by atoms with Crippen molar-refractivity contribution in [1.82, 2.24) is 23.7 Å². The summed E-state index contributed by atoms with van der Waals surface area (Å²) in [7, 11) is 1.59. The SMILES string of the molecule is CC#CCn1c(N2CCCC(C(=O)OC(C)(C)C)[C@@H]2N)nc2c1c(=O)n(Cc1nc3ccccc3s1)c(=O)n2C. The molecule has 4 heterocycles. The number of aryl methyl sites for hydroxylation is 1. The molecule has 1 aliphatic heterocycles. The minimum absolute atomic E-state index is 0.0324. The van der Waals surface area contributed by atoms with Gasteiger partial charge < -0.3 is 15.4 Å². The van der Waals surface area contributed by atoms with E-state index in [0.717, 1.165) is 10.2 Å². The van der Waals surface area contributed by atoms with Crippen LogP contribution < -0.4 is 21.9 Å². The summed E-state index contributed by atoms with van der Waals surface area (Å²) in [5, 5.41) is 0.651. The molecule has 40 heavy (non-hydrogen) atoms. The predicted octanol–water partition coefficient (Wildman–Crippen LogP) is 2.42. The number of fused-ring (bicyclic) bond motifs is 2. The summed E-state index contributed by atoms with van der Waals surface area (Å²) in [6.07, 6.45) is 0.534. The van der Waals surface area contributed by atoms with Gasteiger partial charge in [-0.2, -0.15) is 4.98 Å². The Morgan fingerprint density at radius 2 is 1.95 bits per heavy atom. The number of rotatable bonds is 5. The van der Waals surface area contributed by atoms with Crippen molar-refractivity contribution in [3.05, 3.63) is 50.1 Å². The first-order valence-electron chi connectivity index (χ1n) is 13.2. The molecule has 1 aliphatic rings. The van der Waals surface area contributed by atoms with Gasteiger partial charge in [0.25, 0.3) is 5.56 Å². The van der Waals surface area contributed by atoms with Crippen LogP contribution in [0.3, 0.4) is 0 Å². The molecule has 12 heteroatoms. The van der Waals surface area contributed by atoms with Gasteiger partial charge in [0.1, 0.15) is 10.6 Å². The van der Waals surface area contributed by atoms with Crippen molar-refractivity contribution in [2.24, 2.45) is 18.7 Å². The summed E-state index contributed by atoms with van der Waals surface area (Å²) >= 11 is 1.44. The number of ether oxygens (including phenoxy) is 1. The lowest BCUT2D eigenvalue weighted by molar-refractivity contribution is -0.161. The zero-order valence-corrected chi connectivity index (χ0v) is 24.1. The van der Waals surface area contributed by atoms with Crippen molar-refractivity contribution in [2.45, 2.75) is 65.4 Å². The number of hydrogen-bond acceptors (Lipinski definition) is 9. The molecule has 2 atom stereocenters. The van der Waals surface area contributed by atoms with E-state index in [2.05, 4.69) is 16.8 Å². The number of piperidine rings is 1. The van der Waals surface area contributed by atoms with Crippen LogP contribution in [-0.4, -0.2) is 48.0 Å². The van der Waals surface area contributed by atoms with Crippen LogP contribution >= 0.6 is 11.3 Å². The highest BCUT2D eigenvalue weighted by Crippen LogP contribution is 2.30. The van der Waals surface area contributed by atoms with Gasteiger partial charge in [-0.25, -0.2) is 9.78 Å². The highest BCUT2D eigenvalue weighted by molar-refractivity contribution is 7.18. The molecule has 0 bridgehead atoms. The molecule has 2 N–H and O–H groups in total. The number of benzene rings is 1. The fraction of sp³-hybridized carbons (Fsp3) is 0.464. The van der Waals surface area contributed by atoms with Crippen LogP contribution in [0.5, 0.6) is 0 Å². The van der Waals surface area contributed by atoms with Gasteiger partial charge >= 0.3 is 11.7 Å². The fourth-order valence-electron chi connectivity index (χ4n) is 5.04. The van der Waals surface area contributed by atoms with E-state index in [-0.39, 0.29) is 30.2 Å². The Morgan fingerprint density at radius 3 is 2.65 bits per heavy atom. The Bertz CT molecular complexity index is 1750. The standard InChI is InChI=1S/C28H33N7O4S/c1-6-7-14-33-21-23(31-26(33)34-15-10-11-17(22(34)29)25(37)39-28(2,3)4)32(5)27(38)35(24(21)36)16-20-30-18-12-8-9-13-19(18)40-20/h8-9,12-13,17,22H,10-11,14-16,29H2,1-5H3/t17?,22-/m1/s1. The lowest BCUT2D eigenvalue weighted by Gasteiger charge is -2.39. The molecular formula is C28H33N7O4S. The summed E-state index contributed by atoms with van der Waals surface area (Å²) < 4.78 is 10.9. The van der Waals surface area contributed by atoms with Crippen LogP contribution in [0.2, 0.25) is 0 Å². The van der Waals surface area contributed by atoms with Crippen molar-refractivity contribution in [3.8, 4) is 11.8 Å². The Labute approximate surface area is 235 Å². The van der Waals surface area contributed by atoms with Gasteiger partial charge in [-0.1, -0.05) is 18.1 Å². The fourth-order valence-corrected chi connectivity index (χ4v) is 5.99. The van der Waals surface area contributed by atoms with Crippen molar-refractivity contribution >= 4 is 44.6 Å². The lowest BCUT2D eigenvalue weighted by atomic mass is 9.94. The summed E-state index contributed by atoms with van der Waals surface area (Å²) in [5.41, 5.74) is 6.32. The van der Waals surface area contributed by atoms with Crippen molar-refractivity contribution in [3.63, 3.8) is 0 Å². The molecule has 210 valence electrons. The zero-order valence-electron chi connectivity index (χ0n) is 23.3. The minimum Gasteiger partial charge on any atom is -0.460 e. The number of aromatic nitrogens is 5. The third-order valence-corrected chi connectivity index (χ3v) is 7.93. The highest BCUT2D eigenvalue weighted by Gasteiger charge is 2.38. The number of thiazole rings is 1. The van der Waals surface area contributed by atoms with Crippen molar-refractivity contribution in [2.75, 3.05) is 11.4 Å². The summed E-state index contributed by atoms with van der Waals surface area (Å²) in [6, 6.07) is 7.68. The number of para-hydroxylation sites is 1. The molecule has 3 aromatic heterocycles.